The van der Waals surface area contributed by atoms with Crippen LogP contribution in [0.15, 0.2) is 30.3 Å². The van der Waals surface area contributed by atoms with E-state index in [0.717, 1.165) is 37.7 Å². The lowest BCUT2D eigenvalue weighted by molar-refractivity contribution is -0.276. The molecular formula is C45H79NO7. The van der Waals surface area contributed by atoms with Gasteiger partial charge in [-0.3, -0.25) is 9.59 Å². The van der Waals surface area contributed by atoms with Crippen LogP contribution in [-0.2, 0) is 30.4 Å². The number of hydrogen-bond donors (Lipinski definition) is 3. The number of amides is 1. The van der Waals surface area contributed by atoms with E-state index in [1.54, 1.807) is 0 Å². The van der Waals surface area contributed by atoms with Crippen LogP contribution < -0.4 is 5.32 Å². The number of aliphatic hydroxyl groups excluding tert-OH is 2. The molecule has 0 aliphatic carbocycles. The Morgan fingerprint density at radius 2 is 1.08 bits per heavy atom. The lowest BCUT2D eigenvalue weighted by atomic mass is 9.96. The predicted molar refractivity (Wildman–Crippen MR) is 215 cm³/mol. The molecule has 0 saturated carbocycles. The van der Waals surface area contributed by atoms with E-state index in [2.05, 4.69) is 19.2 Å². The van der Waals surface area contributed by atoms with Gasteiger partial charge in [-0.25, -0.2) is 0 Å². The second kappa shape index (κ2) is 32.3. The molecule has 3 N–H and O–H groups in total. The third-order valence-electron chi connectivity index (χ3n) is 10.7. The molecule has 2 rings (SSSR count). The van der Waals surface area contributed by atoms with Gasteiger partial charge in [0.25, 0.3) is 0 Å². The molecule has 8 heteroatoms. The summed E-state index contributed by atoms with van der Waals surface area (Å²) in [6.45, 7) is 4.24. The topological polar surface area (TPSA) is 114 Å². The van der Waals surface area contributed by atoms with Crippen LogP contribution in [0.25, 0.3) is 0 Å². The number of nitrogens with one attached hydrogen (secondary N) is 1. The molecule has 0 unspecified atom stereocenters. The largest absolute Gasteiger partial charge is 0.457 e. The summed E-state index contributed by atoms with van der Waals surface area (Å²) < 4.78 is 18.0. The Labute approximate surface area is 323 Å². The van der Waals surface area contributed by atoms with E-state index >= 15 is 0 Å². The smallest absolute Gasteiger partial charge is 0.306 e. The van der Waals surface area contributed by atoms with E-state index in [4.69, 9.17) is 14.2 Å². The number of ether oxygens (including phenoxy) is 3. The Kier molecular flexibility index (Phi) is 28.7. The molecule has 0 aromatic heterocycles. The van der Waals surface area contributed by atoms with E-state index in [1.165, 1.54) is 128 Å². The summed E-state index contributed by atoms with van der Waals surface area (Å²) in [6, 6.07) is 8.69. The first kappa shape index (κ1) is 47.2. The molecule has 306 valence electrons. The fraction of sp³-hybridized carbons (Fsp3) is 0.822. The molecule has 0 radical (unpaired) electrons. The summed E-state index contributed by atoms with van der Waals surface area (Å²) >= 11 is 0. The summed E-state index contributed by atoms with van der Waals surface area (Å²) in [7, 11) is 0. The first-order chi connectivity index (χ1) is 26.0. The van der Waals surface area contributed by atoms with Gasteiger partial charge >= 0.3 is 5.97 Å². The molecule has 1 amide bonds. The summed E-state index contributed by atoms with van der Waals surface area (Å²) in [5, 5.41) is 24.2. The maximum absolute atomic E-state index is 13.2. The molecule has 5 atom stereocenters. The number of aliphatic hydroxyl groups is 2. The standard InChI is InChI=1S/C45H79NO7/c1-3-5-7-9-11-13-15-17-19-21-23-25-30-34-40(48)46-42-44(43(50)39(36-47)52-45(42)51-37-38-32-28-27-29-33-38)53-41(49)35-31-26-24-22-20-18-16-14-12-10-8-6-4-2/h27-29,32-33,39,42-45,47,50H,3-26,30-31,34-37H2,1-2H3,(H,46,48)/t39-,42-,43-,44-,45-/m1/s1. The second-order valence-electron chi connectivity index (χ2n) is 15.5. The molecule has 1 saturated heterocycles. The highest BCUT2D eigenvalue weighted by atomic mass is 16.7. The van der Waals surface area contributed by atoms with Gasteiger partial charge in [0.1, 0.15) is 18.2 Å². The van der Waals surface area contributed by atoms with E-state index in [-0.39, 0.29) is 18.9 Å². The van der Waals surface area contributed by atoms with Crippen LogP contribution >= 0.6 is 0 Å². The zero-order chi connectivity index (χ0) is 38.2. The van der Waals surface area contributed by atoms with Crippen LogP contribution in [0.4, 0.5) is 0 Å². The molecule has 1 fully saturated rings. The quantitative estimate of drug-likeness (QED) is 0.0475. The molecular weight excluding hydrogens is 666 g/mol. The van der Waals surface area contributed by atoms with Crippen molar-refractivity contribution in [3.63, 3.8) is 0 Å². The predicted octanol–water partition coefficient (Wildman–Crippen LogP) is 10.6. The minimum absolute atomic E-state index is 0.192. The first-order valence-electron chi connectivity index (χ1n) is 22.1. The molecule has 1 aromatic rings. The summed E-state index contributed by atoms with van der Waals surface area (Å²) in [4.78, 5) is 26.3. The van der Waals surface area contributed by atoms with E-state index in [9.17, 15) is 19.8 Å². The monoisotopic (exact) mass is 746 g/mol. The SMILES string of the molecule is CCCCCCCCCCCCCCCC(=O)N[C@H]1[C@H](OCc2ccccc2)O[C@H](CO)[C@@H](O)[C@@H]1OC(=O)CCCCCCCCCCCCCCC. The number of unbranched alkanes of at least 4 members (excludes halogenated alkanes) is 24. The van der Waals surface area contributed by atoms with Crippen molar-refractivity contribution in [1.29, 1.82) is 0 Å². The Hall–Kier alpha value is -2.00. The Morgan fingerprint density at radius 1 is 0.642 bits per heavy atom. The van der Waals surface area contributed by atoms with Gasteiger partial charge in [-0.15, -0.1) is 0 Å². The lowest BCUT2D eigenvalue weighted by Gasteiger charge is -2.43. The number of esters is 1. The van der Waals surface area contributed by atoms with Gasteiger partial charge in [-0.1, -0.05) is 198 Å². The van der Waals surface area contributed by atoms with Crippen molar-refractivity contribution in [3.05, 3.63) is 35.9 Å². The van der Waals surface area contributed by atoms with Gasteiger partial charge in [-0.05, 0) is 18.4 Å². The summed E-state index contributed by atoms with van der Waals surface area (Å²) in [6.07, 6.45) is 27.9. The van der Waals surface area contributed by atoms with E-state index in [1.807, 2.05) is 30.3 Å². The van der Waals surface area contributed by atoms with Crippen LogP contribution in [0, 0.1) is 0 Å². The highest BCUT2D eigenvalue weighted by molar-refractivity contribution is 5.76. The highest BCUT2D eigenvalue weighted by Crippen LogP contribution is 2.27. The molecule has 0 bridgehead atoms. The van der Waals surface area contributed by atoms with Crippen molar-refractivity contribution >= 4 is 11.9 Å². The second-order valence-corrected chi connectivity index (χ2v) is 15.5. The van der Waals surface area contributed by atoms with Gasteiger partial charge in [0.2, 0.25) is 5.91 Å². The zero-order valence-electron chi connectivity index (χ0n) is 33.9. The Morgan fingerprint density at radius 3 is 1.53 bits per heavy atom. The van der Waals surface area contributed by atoms with Crippen LogP contribution in [0.2, 0.25) is 0 Å². The highest BCUT2D eigenvalue weighted by Gasteiger charge is 2.48. The van der Waals surface area contributed by atoms with Crippen LogP contribution in [0.5, 0.6) is 0 Å². The molecule has 0 spiro atoms. The van der Waals surface area contributed by atoms with Crippen LogP contribution in [-0.4, -0.2) is 59.3 Å². The number of carbonyl (C=O) groups is 2. The molecule has 1 heterocycles. The third kappa shape index (κ3) is 22.9. The fourth-order valence-electron chi connectivity index (χ4n) is 7.32. The van der Waals surface area contributed by atoms with Crippen molar-refractivity contribution in [2.24, 2.45) is 0 Å². The maximum atomic E-state index is 13.2. The summed E-state index contributed by atoms with van der Waals surface area (Å²) in [5.74, 6) is -0.615. The van der Waals surface area contributed by atoms with Crippen molar-refractivity contribution in [1.82, 2.24) is 5.32 Å². The van der Waals surface area contributed by atoms with Crippen LogP contribution in [0.1, 0.15) is 199 Å². The normalized spacial score (nSPS) is 20.0. The molecule has 1 aromatic carbocycles. The van der Waals surface area contributed by atoms with Crippen molar-refractivity contribution in [2.45, 2.75) is 231 Å². The zero-order valence-corrected chi connectivity index (χ0v) is 33.9. The minimum Gasteiger partial charge on any atom is -0.457 e. The van der Waals surface area contributed by atoms with Gasteiger partial charge in [0.15, 0.2) is 12.4 Å². The maximum Gasteiger partial charge on any atom is 0.306 e. The molecule has 8 nitrogen and oxygen atoms in total. The average molecular weight is 746 g/mol. The average Bonchev–Trinajstić information content (AvgIpc) is 3.16. The number of rotatable bonds is 34. The van der Waals surface area contributed by atoms with Crippen molar-refractivity contribution in [2.75, 3.05) is 6.61 Å². The van der Waals surface area contributed by atoms with E-state index in [0.29, 0.717) is 12.8 Å². The number of hydrogen-bond acceptors (Lipinski definition) is 7. The van der Waals surface area contributed by atoms with Gasteiger partial charge in [0, 0.05) is 12.8 Å². The van der Waals surface area contributed by atoms with E-state index < -0.39 is 43.2 Å². The fourth-order valence-corrected chi connectivity index (χ4v) is 7.32. The van der Waals surface area contributed by atoms with Crippen molar-refractivity contribution in [3.8, 4) is 0 Å². The number of carbonyl (C=O) groups excluding carboxylic acids is 2. The Balaban J connectivity index is 1.80. The number of benzene rings is 1. The molecule has 53 heavy (non-hydrogen) atoms. The Bertz CT molecular complexity index is 1010. The first-order valence-corrected chi connectivity index (χ1v) is 22.1. The molecule has 1 aliphatic rings. The van der Waals surface area contributed by atoms with Gasteiger partial charge < -0.3 is 29.7 Å². The summed E-state index contributed by atoms with van der Waals surface area (Å²) in [5.41, 5.74) is 0.913. The molecule has 1 aliphatic heterocycles. The van der Waals surface area contributed by atoms with Gasteiger partial charge in [0.05, 0.1) is 13.2 Å². The minimum atomic E-state index is -1.31. The van der Waals surface area contributed by atoms with Gasteiger partial charge in [-0.2, -0.15) is 0 Å². The third-order valence-corrected chi connectivity index (χ3v) is 10.7. The van der Waals surface area contributed by atoms with Crippen LogP contribution in [0.3, 0.4) is 0 Å². The van der Waals surface area contributed by atoms with Crippen molar-refractivity contribution < 1.29 is 34.0 Å². The lowest BCUT2D eigenvalue weighted by Crippen LogP contribution is -2.65.